The number of aryl methyl sites for hydroxylation is 1. The van der Waals surface area contributed by atoms with Gasteiger partial charge in [-0.05, 0) is 18.1 Å². The highest BCUT2D eigenvalue weighted by molar-refractivity contribution is 7.15. The van der Waals surface area contributed by atoms with Crippen LogP contribution in [0.4, 0.5) is 5.00 Å². The minimum absolute atomic E-state index is 0.0237. The monoisotopic (exact) mass is 320 g/mol. The van der Waals surface area contributed by atoms with Gasteiger partial charge in [-0.3, -0.25) is 4.79 Å². The van der Waals surface area contributed by atoms with E-state index < -0.39 is 0 Å². The third-order valence-electron chi connectivity index (χ3n) is 4.06. The number of fused-ring (bicyclic) bond motifs is 1. The number of carbonyl (C=O) groups is 1. The van der Waals surface area contributed by atoms with Gasteiger partial charge in [0, 0.05) is 10.9 Å². The molecule has 0 unspecified atom stereocenters. The summed E-state index contributed by atoms with van der Waals surface area (Å²) in [6.07, 6.45) is -0.183. The van der Waals surface area contributed by atoms with E-state index in [1.165, 1.54) is 5.56 Å². The topological polar surface area (TPSA) is 41.1 Å². The minimum atomic E-state index is -0.183. The van der Waals surface area contributed by atoms with Crippen molar-refractivity contribution in [2.24, 2.45) is 0 Å². The highest BCUT2D eigenvalue weighted by Crippen LogP contribution is 2.39. The lowest BCUT2D eigenvalue weighted by atomic mass is 10.0. The number of anilines is 1. The molecule has 1 aliphatic heterocycles. The first-order valence-corrected chi connectivity index (χ1v) is 8.41. The van der Waals surface area contributed by atoms with E-state index in [4.69, 9.17) is 0 Å². The van der Waals surface area contributed by atoms with Crippen LogP contribution < -0.4 is 10.6 Å². The van der Waals surface area contributed by atoms with E-state index in [1.807, 2.05) is 47.8 Å². The number of carbonyl (C=O) groups excluding carboxylic acids is 1. The van der Waals surface area contributed by atoms with E-state index in [2.05, 4.69) is 29.7 Å². The van der Waals surface area contributed by atoms with Crippen LogP contribution in [0, 0.1) is 6.92 Å². The Kier molecular flexibility index (Phi) is 3.39. The average molecular weight is 320 g/mol. The zero-order valence-corrected chi connectivity index (χ0v) is 13.5. The fourth-order valence-electron chi connectivity index (χ4n) is 2.82. The Labute approximate surface area is 139 Å². The molecule has 0 fully saturated rings. The van der Waals surface area contributed by atoms with Crippen molar-refractivity contribution in [3.63, 3.8) is 0 Å². The van der Waals surface area contributed by atoms with Gasteiger partial charge in [-0.15, -0.1) is 11.3 Å². The molecule has 0 saturated heterocycles. The van der Waals surface area contributed by atoms with Crippen LogP contribution in [0.15, 0.2) is 60.0 Å². The van der Waals surface area contributed by atoms with Crippen LogP contribution >= 0.6 is 11.3 Å². The van der Waals surface area contributed by atoms with E-state index in [1.54, 1.807) is 11.3 Å². The van der Waals surface area contributed by atoms with Gasteiger partial charge in [0.05, 0.1) is 5.56 Å². The second-order valence-corrected chi connectivity index (χ2v) is 6.56. The molecular formula is C19H16N2OS. The molecule has 1 aliphatic rings. The number of thiophene rings is 1. The van der Waals surface area contributed by atoms with Gasteiger partial charge in [-0.2, -0.15) is 0 Å². The molecule has 2 N–H and O–H groups in total. The predicted octanol–water partition coefficient (Wildman–Crippen LogP) is 4.58. The number of benzene rings is 2. The molecule has 0 bridgehead atoms. The Balaban J connectivity index is 1.70. The van der Waals surface area contributed by atoms with Gasteiger partial charge in [-0.25, -0.2) is 0 Å². The van der Waals surface area contributed by atoms with E-state index in [0.717, 1.165) is 27.3 Å². The van der Waals surface area contributed by atoms with Gasteiger partial charge < -0.3 is 10.6 Å². The molecule has 4 heteroatoms. The molecular weight excluding hydrogens is 304 g/mol. The molecule has 23 heavy (non-hydrogen) atoms. The molecule has 3 nitrogen and oxygen atoms in total. The quantitative estimate of drug-likeness (QED) is 0.726. The van der Waals surface area contributed by atoms with E-state index in [9.17, 15) is 4.79 Å². The molecule has 2 heterocycles. The summed E-state index contributed by atoms with van der Waals surface area (Å²) in [5, 5.41) is 9.48. The van der Waals surface area contributed by atoms with Crippen LogP contribution in [-0.2, 0) is 0 Å². The van der Waals surface area contributed by atoms with Crippen molar-refractivity contribution in [2.75, 3.05) is 5.32 Å². The largest absolute Gasteiger partial charge is 0.353 e. The van der Waals surface area contributed by atoms with E-state index in [0.29, 0.717) is 0 Å². The Morgan fingerprint density at radius 2 is 1.70 bits per heavy atom. The molecule has 1 aromatic heterocycles. The van der Waals surface area contributed by atoms with Crippen molar-refractivity contribution in [1.82, 2.24) is 5.32 Å². The van der Waals surface area contributed by atoms with Gasteiger partial charge in [0.15, 0.2) is 0 Å². The van der Waals surface area contributed by atoms with Crippen molar-refractivity contribution in [3.8, 4) is 11.1 Å². The van der Waals surface area contributed by atoms with Gasteiger partial charge in [0.1, 0.15) is 11.2 Å². The molecule has 2 aromatic carbocycles. The number of nitrogens with one attached hydrogen (secondary N) is 2. The smallest absolute Gasteiger partial charge is 0.256 e. The Bertz CT molecular complexity index is 853. The second kappa shape index (κ2) is 5.56. The third-order valence-corrected chi connectivity index (χ3v) is 4.98. The van der Waals surface area contributed by atoms with Gasteiger partial charge in [-0.1, -0.05) is 60.2 Å². The summed E-state index contributed by atoms with van der Waals surface area (Å²) < 4.78 is 0. The first kappa shape index (κ1) is 14.0. The standard InChI is InChI=1S/C19H16N2OS/c1-12-7-9-14(10-8-12)17-20-18(22)16-15(11-23-19(16)21-17)13-5-3-2-4-6-13/h2-11,17,21H,1H3,(H,20,22)/t17-/m0/s1. The van der Waals surface area contributed by atoms with Crippen molar-refractivity contribution >= 4 is 22.2 Å². The molecule has 3 aromatic rings. The van der Waals surface area contributed by atoms with Crippen molar-refractivity contribution in [1.29, 1.82) is 0 Å². The Morgan fingerprint density at radius 1 is 0.957 bits per heavy atom. The SMILES string of the molecule is Cc1ccc([C@H]2NC(=O)c3c(-c4ccccc4)csc3N2)cc1. The molecule has 1 atom stereocenters. The average Bonchev–Trinajstić information content (AvgIpc) is 3.01. The van der Waals surface area contributed by atoms with Crippen molar-refractivity contribution in [3.05, 3.63) is 76.7 Å². The first-order chi connectivity index (χ1) is 11.2. The fourth-order valence-corrected chi connectivity index (χ4v) is 3.81. The summed E-state index contributed by atoms with van der Waals surface area (Å²) in [4.78, 5) is 12.6. The maximum Gasteiger partial charge on any atom is 0.256 e. The molecule has 0 saturated carbocycles. The van der Waals surface area contributed by atoms with Gasteiger partial charge >= 0.3 is 0 Å². The molecule has 114 valence electrons. The molecule has 0 radical (unpaired) electrons. The normalized spacial score (nSPS) is 16.4. The Hall–Kier alpha value is -2.59. The van der Waals surface area contributed by atoms with Gasteiger partial charge in [0.25, 0.3) is 5.91 Å². The number of hydrogen-bond donors (Lipinski definition) is 2. The maximum atomic E-state index is 12.6. The number of amides is 1. The van der Waals surface area contributed by atoms with E-state index >= 15 is 0 Å². The summed E-state index contributed by atoms with van der Waals surface area (Å²) in [5.41, 5.74) is 5.06. The summed E-state index contributed by atoms with van der Waals surface area (Å²) >= 11 is 1.58. The third kappa shape index (κ3) is 2.51. The van der Waals surface area contributed by atoms with Crippen LogP contribution in [0.2, 0.25) is 0 Å². The second-order valence-electron chi connectivity index (χ2n) is 5.68. The lowest BCUT2D eigenvalue weighted by Crippen LogP contribution is -2.37. The maximum absolute atomic E-state index is 12.6. The molecule has 4 rings (SSSR count). The Morgan fingerprint density at radius 3 is 2.43 bits per heavy atom. The minimum Gasteiger partial charge on any atom is -0.353 e. The summed E-state index contributed by atoms with van der Waals surface area (Å²) in [6.45, 7) is 2.06. The van der Waals surface area contributed by atoms with Crippen molar-refractivity contribution < 1.29 is 4.79 Å². The number of rotatable bonds is 2. The molecule has 0 spiro atoms. The summed E-state index contributed by atoms with van der Waals surface area (Å²) in [5.74, 6) is -0.0237. The summed E-state index contributed by atoms with van der Waals surface area (Å²) in [6, 6.07) is 18.2. The lowest BCUT2D eigenvalue weighted by molar-refractivity contribution is 0.0937. The van der Waals surface area contributed by atoms with E-state index in [-0.39, 0.29) is 12.1 Å². The molecule has 1 amide bonds. The van der Waals surface area contributed by atoms with Crippen LogP contribution in [0.25, 0.3) is 11.1 Å². The van der Waals surface area contributed by atoms with Crippen LogP contribution in [0.1, 0.15) is 27.7 Å². The van der Waals surface area contributed by atoms with Crippen LogP contribution in [0.5, 0.6) is 0 Å². The zero-order chi connectivity index (χ0) is 15.8. The summed E-state index contributed by atoms with van der Waals surface area (Å²) in [7, 11) is 0. The number of hydrogen-bond acceptors (Lipinski definition) is 3. The van der Waals surface area contributed by atoms with Crippen LogP contribution in [-0.4, -0.2) is 5.91 Å². The molecule has 0 aliphatic carbocycles. The fraction of sp³-hybridized carbons (Fsp3) is 0.105. The van der Waals surface area contributed by atoms with Crippen LogP contribution in [0.3, 0.4) is 0 Å². The highest BCUT2D eigenvalue weighted by Gasteiger charge is 2.29. The van der Waals surface area contributed by atoms with Crippen molar-refractivity contribution in [2.45, 2.75) is 13.1 Å². The first-order valence-electron chi connectivity index (χ1n) is 7.53. The zero-order valence-electron chi connectivity index (χ0n) is 12.7. The highest BCUT2D eigenvalue weighted by atomic mass is 32.1. The lowest BCUT2D eigenvalue weighted by Gasteiger charge is -2.26. The predicted molar refractivity (Wildman–Crippen MR) is 94.8 cm³/mol. The van der Waals surface area contributed by atoms with Gasteiger partial charge in [0.2, 0.25) is 0 Å².